The average molecular weight is 294 g/mol. The summed E-state index contributed by atoms with van der Waals surface area (Å²) in [6, 6.07) is 10.7. The fraction of sp³-hybridized carbons (Fsp3) is 0.250. The second-order valence-corrected chi connectivity index (χ2v) is 5.15. The molecule has 20 heavy (non-hydrogen) atoms. The molecule has 2 aromatic carbocycles. The van der Waals surface area contributed by atoms with Gasteiger partial charge in [0.2, 0.25) is 0 Å². The van der Waals surface area contributed by atoms with Crippen molar-refractivity contribution in [2.45, 2.75) is 19.9 Å². The van der Waals surface area contributed by atoms with Gasteiger partial charge in [-0.15, -0.1) is 0 Å². The lowest BCUT2D eigenvalue weighted by Crippen LogP contribution is -2.07. The van der Waals surface area contributed by atoms with E-state index in [9.17, 15) is 4.39 Å². The van der Waals surface area contributed by atoms with Gasteiger partial charge in [0.25, 0.3) is 0 Å². The van der Waals surface area contributed by atoms with Crippen LogP contribution in [0.3, 0.4) is 0 Å². The summed E-state index contributed by atoms with van der Waals surface area (Å²) in [7, 11) is 1.45. The molecule has 0 spiro atoms. The van der Waals surface area contributed by atoms with Crippen molar-refractivity contribution in [2.24, 2.45) is 0 Å². The van der Waals surface area contributed by atoms with Gasteiger partial charge >= 0.3 is 0 Å². The molecule has 0 aliphatic carbocycles. The van der Waals surface area contributed by atoms with Crippen LogP contribution in [0.25, 0.3) is 0 Å². The molecule has 1 unspecified atom stereocenters. The molecule has 0 saturated carbocycles. The van der Waals surface area contributed by atoms with Gasteiger partial charge in [0.15, 0.2) is 11.6 Å². The second-order valence-electron chi connectivity index (χ2n) is 4.74. The summed E-state index contributed by atoms with van der Waals surface area (Å²) in [5, 5.41) is 3.94. The standard InChI is InChI=1S/C16H17ClFNO/c1-10-4-6-15(13(17)8-10)19-11(2)12-5-7-16(20-3)14(18)9-12/h4-9,11,19H,1-3H3. The van der Waals surface area contributed by atoms with Gasteiger partial charge in [-0.25, -0.2) is 4.39 Å². The average Bonchev–Trinajstić information content (AvgIpc) is 2.41. The fourth-order valence-electron chi connectivity index (χ4n) is 2.01. The Morgan fingerprint density at radius 2 is 1.95 bits per heavy atom. The molecule has 0 bridgehead atoms. The Balaban J connectivity index is 2.19. The molecule has 2 nitrogen and oxygen atoms in total. The van der Waals surface area contributed by atoms with Crippen molar-refractivity contribution in [3.8, 4) is 5.75 Å². The van der Waals surface area contributed by atoms with Crippen molar-refractivity contribution in [3.63, 3.8) is 0 Å². The summed E-state index contributed by atoms with van der Waals surface area (Å²) in [5.41, 5.74) is 2.77. The molecule has 0 saturated heterocycles. The smallest absolute Gasteiger partial charge is 0.165 e. The highest BCUT2D eigenvalue weighted by Gasteiger charge is 2.11. The number of ether oxygens (including phenoxy) is 1. The third kappa shape index (κ3) is 3.23. The molecule has 0 radical (unpaired) electrons. The summed E-state index contributed by atoms with van der Waals surface area (Å²) in [6.07, 6.45) is 0. The number of hydrogen-bond donors (Lipinski definition) is 1. The third-order valence-electron chi connectivity index (χ3n) is 3.17. The summed E-state index contributed by atoms with van der Waals surface area (Å²) in [6.45, 7) is 3.94. The van der Waals surface area contributed by atoms with Crippen LogP contribution in [0.1, 0.15) is 24.1 Å². The maximum absolute atomic E-state index is 13.7. The zero-order chi connectivity index (χ0) is 14.7. The molecular weight excluding hydrogens is 277 g/mol. The lowest BCUT2D eigenvalue weighted by Gasteiger charge is -2.17. The molecule has 0 aliphatic rings. The van der Waals surface area contributed by atoms with Crippen LogP contribution in [0.2, 0.25) is 5.02 Å². The Morgan fingerprint density at radius 3 is 2.55 bits per heavy atom. The van der Waals surface area contributed by atoms with Gasteiger partial charge < -0.3 is 10.1 Å². The monoisotopic (exact) mass is 293 g/mol. The number of halogens is 2. The van der Waals surface area contributed by atoms with E-state index in [0.717, 1.165) is 16.8 Å². The van der Waals surface area contributed by atoms with Crippen LogP contribution < -0.4 is 10.1 Å². The number of nitrogens with one attached hydrogen (secondary N) is 1. The lowest BCUT2D eigenvalue weighted by atomic mass is 10.1. The van der Waals surface area contributed by atoms with Crippen LogP contribution in [0.15, 0.2) is 36.4 Å². The van der Waals surface area contributed by atoms with Crippen LogP contribution in [-0.4, -0.2) is 7.11 Å². The quantitative estimate of drug-likeness (QED) is 0.859. The van der Waals surface area contributed by atoms with Crippen molar-refractivity contribution >= 4 is 17.3 Å². The van der Waals surface area contributed by atoms with Crippen LogP contribution in [0, 0.1) is 12.7 Å². The van der Waals surface area contributed by atoms with Crippen LogP contribution >= 0.6 is 11.6 Å². The van der Waals surface area contributed by atoms with E-state index >= 15 is 0 Å². The predicted molar refractivity (Wildman–Crippen MR) is 81.2 cm³/mol. The Labute approximate surface area is 123 Å². The molecule has 0 heterocycles. The SMILES string of the molecule is COc1ccc(C(C)Nc2ccc(C)cc2Cl)cc1F. The molecule has 0 aliphatic heterocycles. The van der Waals surface area contributed by atoms with Gasteiger partial charge in [0.1, 0.15) is 0 Å². The lowest BCUT2D eigenvalue weighted by molar-refractivity contribution is 0.386. The van der Waals surface area contributed by atoms with E-state index in [1.165, 1.54) is 13.2 Å². The minimum absolute atomic E-state index is 0.0596. The minimum atomic E-state index is -0.367. The van der Waals surface area contributed by atoms with Crippen molar-refractivity contribution in [3.05, 3.63) is 58.4 Å². The molecule has 2 rings (SSSR count). The van der Waals surface area contributed by atoms with Crippen molar-refractivity contribution < 1.29 is 9.13 Å². The van der Waals surface area contributed by atoms with E-state index in [-0.39, 0.29) is 17.6 Å². The van der Waals surface area contributed by atoms with Crippen LogP contribution in [0.5, 0.6) is 5.75 Å². The number of anilines is 1. The largest absolute Gasteiger partial charge is 0.494 e. The van der Waals surface area contributed by atoms with Gasteiger partial charge in [0, 0.05) is 6.04 Å². The first-order valence-corrected chi connectivity index (χ1v) is 6.75. The van der Waals surface area contributed by atoms with E-state index in [2.05, 4.69) is 5.32 Å². The molecule has 106 valence electrons. The summed E-state index contributed by atoms with van der Waals surface area (Å²) < 4.78 is 18.6. The van der Waals surface area contributed by atoms with Gasteiger partial charge in [0.05, 0.1) is 17.8 Å². The maximum atomic E-state index is 13.7. The Bertz CT molecular complexity index is 615. The van der Waals surface area contributed by atoms with Crippen molar-refractivity contribution in [1.29, 1.82) is 0 Å². The Kier molecular flexibility index (Phi) is 4.50. The topological polar surface area (TPSA) is 21.3 Å². The molecule has 0 aromatic heterocycles. The molecule has 2 aromatic rings. The molecule has 1 N–H and O–H groups in total. The first-order valence-electron chi connectivity index (χ1n) is 6.37. The van der Waals surface area contributed by atoms with Gasteiger partial charge in [-0.3, -0.25) is 0 Å². The first-order chi connectivity index (χ1) is 9.51. The normalized spacial score (nSPS) is 12.1. The zero-order valence-corrected chi connectivity index (χ0v) is 12.5. The highest BCUT2D eigenvalue weighted by molar-refractivity contribution is 6.33. The summed E-state index contributed by atoms with van der Waals surface area (Å²) in [4.78, 5) is 0. The van der Waals surface area contributed by atoms with Crippen LogP contribution in [-0.2, 0) is 0 Å². The number of methoxy groups -OCH3 is 1. The number of hydrogen-bond acceptors (Lipinski definition) is 2. The second kappa shape index (κ2) is 6.14. The predicted octanol–water partition coefficient (Wildman–Crippen LogP) is 4.97. The third-order valence-corrected chi connectivity index (χ3v) is 3.49. The molecule has 4 heteroatoms. The minimum Gasteiger partial charge on any atom is -0.494 e. The molecular formula is C16H17ClFNO. The number of aryl methyl sites for hydroxylation is 1. The zero-order valence-electron chi connectivity index (χ0n) is 11.7. The van der Waals surface area contributed by atoms with Crippen molar-refractivity contribution in [1.82, 2.24) is 0 Å². The van der Waals surface area contributed by atoms with E-state index in [1.807, 2.05) is 38.1 Å². The highest BCUT2D eigenvalue weighted by Crippen LogP contribution is 2.28. The number of rotatable bonds is 4. The number of benzene rings is 2. The van der Waals surface area contributed by atoms with Crippen molar-refractivity contribution in [2.75, 3.05) is 12.4 Å². The van der Waals surface area contributed by atoms with E-state index in [0.29, 0.717) is 5.02 Å². The Morgan fingerprint density at radius 1 is 1.20 bits per heavy atom. The summed E-state index contributed by atoms with van der Waals surface area (Å²) in [5.74, 6) is -0.122. The van der Waals surface area contributed by atoms with Crippen LogP contribution in [0.4, 0.5) is 10.1 Å². The van der Waals surface area contributed by atoms with E-state index < -0.39 is 0 Å². The fourth-order valence-corrected chi connectivity index (χ4v) is 2.30. The first kappa shape index (κ1) is 14.7. The van der Waals surface area contributed by atoms with E-state index in [4.69, 9.17) is 16.3 Å². The van der Waals surface area contributed by atoms with E-state index in [1.54, 1.807) is 6.07 Å². The van der Waals surface area contributed by atoms with Gasteiger partial charge in [-0.05, 0) is 49.2 Å². The molecule has 1 atom stereocenters. The molecule has 0 amide bonds. The van der Waals surface area contributed by atoms with Gasteiger partial charge in [-0.1, -0.05) is 23.7 Å². The highest BCUT2D eigenvalue weighted by atomic mass is 35.5. The maximum Gasteiger partial charge on any atom is 0.165 e. The Hall–Kier alpha value is -1.74. The van der Waals surface area contributed by atoms with Gasteiger partial charge in [-0.2, -0.15) is 0 Å². The summed E-state index contributed by atoms with van der Waals surface area (Å²) >= 11 is 6.18. The molecule has 0 fully saturated rings.